The number of nitrogens with zero attached hydrogens (tertiary/aromatic N) is 3. The Bertz CT molecular complexity index is 1020. The zero-order chi connectivity index (χ0) is 22.7. The van der Waals surface area contributed by atoms with Crippen molar-refractivity contribution in [2.24, 2.45) is 5.92 Å². The van der Waals surface area contributed by atoms with Crippen LogP contribution in [-0.4, -0.2) is 67.7 Å². The fourth-order valence-corrected chi connectivity index (χ4v) is 5.83. The molecule has 2 heterocycles. The summed E-state index contributed by atoms with van der Waals surface area (Å²) >= 11 is 0. The largest absolute Gasteiger partial charge is 0.336 e. The first-order valence-corrected chi connectivity index (χ1v) is 12.9. The number of rotatable bonds is 5. The number of benzene rings is 2. The summed E-state index contributed by atoms with van der Waals surface area (Å²) in [6.45, 7) is 8.87. The molecule has 0 aliphatic carbocycles. The summed E-state index contributed by atoms with van der Waals surface area (Å²) in [4.78, 5) is 17.5. The average molecular weight is 456 g/mol. The highest BCUT2D eigenvalue weighted by Crippen LogP contribution is 2.21. The fourth-order valence-electron chi connectivity index (χ4n) is 4.40. The highest BCUT2D eigenvalue weighted by Gasteiger charge is 2.30. The average Bonchev–Trinajstić information content (AvgIpc) is 2.81. The second-order valence-electron chi connectivity index (χ2n) is 9.16. The van der Waals surface area contributed by atoms with Crippen LogP contribution in [0.4, 0.5) is 0 Å². The predicted octanol–water partition coefficient (Wildman–Crippen LogP) is 3.37. The maximum atomic E-state index is 12.9. The molecule has 2 aromatic rings. The van der Waals surface area contributed by atoms with E-state index in [0.29, 0.717) is 36.6 Å². The van der Waals surface area contributed by atoms with Gasteiger partial charge in [0.15, 0.2) is 0 Å². The number of aryl methyl sites for hydroxylation is 1. The Morgan fingerprint density at radius 1 is 0.875 bits per heavy atom. The predicted molar refractivity (Wildman–Crippen MR) is 126 cm³/mol. The van der Waals surface area contributed by atoms with Crippen LogP contribution < -0.4 is 0 Å². The van der Waals surface area contributed by atoms with Crippen molar-refractivity contribution in [3.63, 3.8) is 0 Å². The van der Waals surface area contributed by atoms with Gasteiger partial charge in [-0.05, 0) is 68.6 Å². The first kappa shape index (κ1) is 23.0. The minimum atomic E-state index is -3.53. The van der Waals surface area contributed by atoms with Crippen molar-refractivity contribution in [2.45, 2.75) is 38.1 Å². The Labute approximate surface area is 191 Å². The molecule has 6 nitrogen and oxygen atoms in total. The molecule has 1 amide bonds. The molecule has 0 spiro atoms. The zero-order valence-electron chi connectivity index (χ0n) is 19.0. The van der Waals surface area contributed by atoms with Gasteiger partial charge in [0.05, 0.1) is 4.90 Å². The third kappa shape index (κ3) is 5.22. The van der Waals surface area contributed by atoms with Gasteiger partial charge in [-0.2, -0.15) is 4.31 Å². The van der Waals surface area contributed by atoms with Crippen molar-refractivity contribution < 1.29 is 13.2 Å². The molecule has 2 saturated heterocycles. The van der Waals surface area contributed by atoms with Gasteiger partial charge >= 0.3 is 0 Å². The Hall–Kier alpha value is -2.22. The van der Waals surface area contributed by atoms with E-state index >= 15 is 0 Å². The molecule has 0 aromatic heterocycles. The number of carbonyl (C=O) groups is 1. The van der Waals surface area contributed by atoms with E-state index in [0.717, 1.165) is 31.1 Å². The van der Waals surface area contributed by atoms with Gasteiger partial charge in [0, 0.05) is 38.3 Å². The standard InChI is InChI=1S/C25H33N3O3S/c1-20-3-9-24(10-4-20)32(30,31)28-17-15-27(16-18-28)25(29)23-7-5-22(6-8-23)19-26-13-11-21(2)12-14-26/h3-10,21H,11-19H2,1-2H3. The summed E-state index contributed by atoms with van der Waals surface area (Å²) in [5.41, 5.74) is 2.91. The number of piperidine rings is 1. The smallest absolute Gasteiger partial charge is 0.253 e. The first-order chi connectivity index (χ1) is 15.3. The van der Waals surface area contributed by atoms with Gasteiger partial charge in [-0.1, -0.05) is 36.8 Å². The van der Waals surface area contributed by atoms with E-state index in [2.05, 4.69) is 11.8 Å². The van der Waals surface area contributed by atoms with Crippen LogP contribution in [-0.2, 0) is 16.6 Å². The van der Waals surface area contributed by atoms with Gasteiger partial charge in [0.25, 0.3) is 5.91 Å². The van der Waals surface area contributed by atoms with Crippen LogP contribution >= 0.6 is 0 Å². The third-order valence-electron chi connectivity index (χ3n) is 6.67. The van der Waals surface area contributed by atoms with Crippen molar-refractivity contribution in [1.29, 1.82) is 0 Å². The monoisotopic (exact) mass is 455 g/mol. The van der Waals surface area contributed by atoms with Crippen LogP contribution in [0.2, 0.25) is 0 Å². The van der Waals surface area contributed by atoms with Crippen LogP contribution in [0, 0.1) is 12.8 Å². The number of sulfonamides is 1. The summed E-state index contributed by atoms with van der Waals surface area (Å²) < 4.78 is 27.2. The first-order valence-electron chi connectivity index (χ1n) is 11.5. The highest BCUT2D eigenvalue weighted by atomic mass is 32.2. The second kappa shape index (κ2) is 9.73. The minimum absolute atomic E-state index is 0.0317. The third-order valence-corrected chi connectivity index (χ3v) is 8.58. The maximum absolute atomic E-state index is 12.9. The van der Waals surface area contributed by atoms with E-state index in [4.69, 9.17) is 0 Å². The lowest BCUT2D eigenvalue weighted by atomic mass is 9.99. The topological polar surface area (TPSA) is 60.9 Å². The van der Waals surface area contributed by atoms with Crippen molar-refractivity contribution in [3.8, 4) is 0 Å². The van der Waals surface area contributed by atoms with Crippen LogP contribution in [0.1, 0.15) is 41.3 Å². The number of hydrogen-bond donors (Lipinski definition) is 0. The Kier molecular flexibility index (Phi) is 6.98. The normalized spacial score (nSPS) is 19.2. The van der Waals surface area contributed by atoms with Gasteiger partial charge < -0.3 is 4.90 Å². The SMILES string of the molecule is Cc1ccc(S(=O)(=O)N2CCN(C(=O)c3ccc(CN4CCC(C)CC4)cc3)CC2)cc1. The molecule has 2 aliphatic rings. The molecule has 2 fully saturated rings. The lowest BCUT2D eigenvalue weighted by Gasteiger charge is -2.34. The van der Waals surface area contributed by atoms with Crippen LogP contribution in [0.15, 0.2) is 53.4 Å². The molecule has 32 heavy (non-hydrogen) atoms. The van der Waals surface area contributed by atoms with E-state index in [1.54, 1.807) is 17.0 Å². The van der Waals surface area contributed by atoms with Crippen LogP contribution in [0.5, 0.6) is 0 Å². The number of amides is 1. The van der Waals surface area contributed by atoms with Gasteiger partial charge in [-0.15, -0.1) is 0 Å². The van der Waals surface area contributed by atoms with E-state index < -0.39 is 10.0 Å². The second-order valence-corrected chi connectivity index (χ2v) is 11.1. The molecule has 172 valence electrons. The van der Waals surface area contributed by atoms with E-state index in [1.807, 2.05) is 43.3 Å². The molecular formula is C25H33N3O3S. The molecule has 4 rings (SSSR count). The molecule has 0 atom stereocenters. The zero-order valence-corrected chi connectivity index (χ0v) is 19.9. The maximum Gasteiger partial charge on any atom is 0.253 e. The molecule has 0 unspecified atom stereocenters. The Morgan fingerprint density at radius 2 is 1.47 bits per heavy atom. The number of likely N-dealkylation sites (tertiary alicyclic amines) is 1. The highest BCUT2D eigenvalue weighted by molar-refractivity contribution is 7.89. The van der Waals surface area contributed by atoms with Crippen molar-refractivity contribution in [3.05, 3.63) is 65.2 Å². The van der Waals surface area contributed by atoms with Gasteiger partial charge in [0.2, 0.25) is 10.0 Å². The summed E-state index contributed by atoms with van der Waals surface area (Å²) in [5, 5.41) is 0. The van der Waals surface area contributed by atoms with Crippen LogP contribution in [0.25, 0.3) is 0 Å². The number of hydrogen-bond acceptors (Lipinski definition) is 4. The molecule has 0 saturated carbocycles. The number of piperazine rings is 1. The van der Waals surface area contributed by atoms with Gasteiger partial charge in [0.1, 0.15) is 0 Å². The van der Waals surface area contributed by atoms with E-state index in [1.165, 1.54) is 22.7 Å². The van der Waals surface area contributed by atoms with Gasteiger partial charge in [-0.3, -0.25) is 9.69 Å². The summed E-state index contributed by atoms with van der Waals surface area (Å²) in [7, 11) is -3.53. The summed E-state index contributed by atoms with van der Waals surface area (Å²) in [6, 6.07) is 14.8. The molecule has 0 N–H and O–H groups in total. The van der Waals surface area contributed by atoms with E-state index in [9.17, 15) is 13.2 Å². The molecule has 2 aromatic carbocycles. The minimum Gasteiger partial charge on any atom is -0.336 e. The summed E-state index contributed by atoms with van der Waals surface area (Å²) in [6.07, 6.45) is 2.50. The number of carbonyl (C=O) groups excluding carboxylic acids is 1. The summed E-state index contributed by atoms with van der Waals surface area (Å²) in [5.74, 6) is 0.786. The lowest BCUT2D eigenvalue weighted by Crippen LogP contribution is -2.50. The Morgan fingerprint density at radius 3 is 2.06 bits per heavy atom. The van der Waals surface area contributed by atoms with Crippen LogP contribution in [0.3, 0.4) is 0 Å². The lowest BCUT2D eigenvalue weighted by molar-refractivity contribution is 0.0698. The van der Waals surface area contributed by atoms with Crippen molar-refractivity contribution in [1.82, 2.24) is 14.1 Å². The molecule has 2 aliphatic heterocycles. The fraction of sp³-hybridized carbons (Fsp3) is 0.480. The van der Waals surface area contributed by atoms with E-state index in [-0.39, 0.29) is 5.91 Å². The quantitative estimate of drug-likeness (QED) is 0.694. The molecule has 0 bridgehead atoms. The Balaban J connectivity index is 1.32. The van der Waals surface area contributed by atoms with Crippen molar-refractivity contribution >= 4 is 15.9 Å². The van der Waals surface area contributed by atoms with Gasteiger partial charge in [-0.25, -0.2) is 8.42 Å². The van der Waals surface area contributed by atoms with Crippen molar-refractivity contribution in [2.75, 3.05) is 39.3 Å². The molecule has 0 radical (unpaired) electrons. The molecule has 7 heteroatoms. The molecular weight excluding hydrogens is 422 g/mol.